The van der Waals surface area contributed by atoms with Crippen molar-refractivity contribution in [3.05, 3.63) is 54.1 Å². The molecule has 0 radical (unpaired) electrons. The highest BCUT2D eigenvalue weighted by molar-refractivity contribution is 7.22. The Hall–Kier alpha value is -2.01. The molecular formula is C13H10FN3S. The summed E-state index contributed by atoms with van der Waals surface area (Å²) in [5.74, 6) is -0.232. The Morgan fingerprint density at radius 1 is 1.28 bits per heavy atom. The molecule has 3 aromatic rings. The highest BCUT2D eigenvalue weighted by atomic mass is 32.1. The summed E-state index contributed by atoms with van der Waals surface area (Å²) in [6.45, 7) is 0.663. The van der Waals surface area contributed by atoms with E-state index in [1.54, 1.807) is 18.5 Å². The van der Waals surface area contributed by atoms with Crippen LogP contribution in [0.15, 0.2) is 42.7 Å². The zero-order chi connectivity index (χ0) is 12.4. The highest BCUT2D eigenvalue weighted by Gasteiger charge is 2.04. The fourth-order valence-electron chi connectivity index (χ4n) is 1.65. The molecule has 0 bridgehead atoms. The number of anilines is 1. The number of nitrogens with one attached hydrogen (secondary N) is 1. The molecule has 0 spiro atoms. The van der Waals surface area contributed by atoms with Gasteiger partial charge >= 0.3 is 0 Å². The summed E-state index contributed by atoms with van der Waals surface area (Å²) in [7, 11) is 0. The normalized spacial score (nSPS) is 10.7. The minimum absolute atomic E-state index is 0.232. The third kappa shape index (κ3) is 2.31. The minimum Gasteiger partial charge on any atom is -0.357 e. The second kappa shape index (κ2) is 4.70. The van der Waals surface area contributed by atoms with Crippen LogP contribution in [0.2, 0.25) is 0 Å². The molecule has 0 fully saturated rings. The van der Waals surface area contributed by atoms with Gasteiger partial charge in [-0.05, 0) is 29.8 Å². The number of benzene rings is 1. The molecule has 3 rings (SSSR count). The summed E-state index contributed by atoms with van der Waals surface area (Å²) in [6.07, 6.45) is 3.55. The second-order valence-electron chi connectivity index (χ2n) is 3.85. The van der Waals surface area contributed by atoms with E-state index in [2.05, 4.69) is 15.3 Å². The second-order valence-corrected chi connectivity index (χ2v) is 4.88. The van der Waals surface area contributed by atoms with E-state index in [1.165, 1.54) is 23.5 Å². The molecule has 3 nitrogen and oxygen atoms in total. The van der Waals surface area contributed by atoms with E-state index < -0.39 is 0 Å². The first kappa shape index (κ1) is 11.1. The lowest BCUT2D eigenvalue weighted by atomic mass is 10.3. The zero-order valence-electron chi connectivity index (χ0n) is 9.43. The molecule has 0 unspecified atom stereocenters. The molecule has 5 heteroatoms. The number of rotatable bonds is 3. The van der Waals surface area contributed by atoms with Gasteiger partial charge in [0.15, 0.2) is 5.13 Å². The third-order valence-corrected chi connectivity index (χ3v) is 3.49. The SMILES string of the molecule is Fc1ccc2nc(NCc3cccnc3)sc2c1. The van der Waals surface area contributed by atoms with Crippen LogP contribution in [0.1, 0.15) is 5.56 Å². The number of hydrogen-bond donors (Lipinski definition) is 1. The summed E-state index contributed by atoms with van der Waals surface area (Å²) >= 11 is 1.45. The first-order valence-corrected chi connectivity index (χ1v) is 6.32. The van der Waals surface area contributed by atoms with Gasteiger partial charge in [-0.3, -0.25) is 4.98 Å². The van der Waals surface area contributed by atoms with E-state index in [0.29, 0.717) is 6.54 Å². The Morgan fingerprint density at radius 2 is 2.22 bits per heavy atom. The van der Waals surface area contributed by atoms with Gasteiger partial charge in [0.1, 0.15) is 5.82 Å². The van der Waals surface area contributed by atoms with Crippen LogP contribution in [0, 0.1) is 5.82 Å². The van der Waals surface area contributed by atoms with E-state index in [4.69, 9.17) is 0 Å². The van der Waals surface area contributed by atoms with Crippen LogP contribution < -0.4 is 5.32 Å². The molecule has 0 saturated heterocycles. The van der Waals surface area contributed by atoms with Crippen LogP contribution in [0.25, 0.3) is 10.2 Å². The van der Waals surface area contributed by atoms with Crippen molar-refractivity contribution in [3.8, 4) is 0 Å². The number of hydrogen-bond acceptors (Lipinski definition) is 4. The Kier molecular flexibility index (Phi) is 2.90. The molecule has 0 aliphatic heterocycles. The Morgan fingerprint density at radius 3 is 3.06 bits per heavy atom. The molecule has 90 valence electrons. The topological polar surface area (TPSA) is 37.8 Å². The van der Waals surface area contributed by atoms with E-state index in [1.807, 2.05) is 12.1 Å². The molecule has 1 aromatic carbocycles. The average molecular weight is 259 g/mol. The van der Waals surface area contributed by atoms with Gasteiger partial charge in [0.2, 0.25) is 0 Å². The molecule has 1 N–H and O–H groups in total. The summed E-state index contributed by atoms with van der Waals surface area (Å²) in [6, 6.07) is 8.50. The lowest BCUT2D eigenvalue weighted by Gasteiger charge is -2.00. The van der Waals surface area contributed by atoms with Crippen LogP contribution in [-0.4, -0.2) is 9.97 Å². The van der Waals surface area contributed by atoms with Crippen LogP contribution in [0.4, 0.5) is 9.52 Å². The van der Waals surface area contributed by atoms with Crippen molar-refractivity contribution in [2.24, 2.45) is 0 Å². The maximum Gasteiger partial charge on any atom is 0.184 e. The number of thiazole rings is 1. The quantitative estimate of drug-likeness (QED) is 0.783. The van der Waals surface area contributed by atoms with Gasteiger partial charge in [-0.15, -0.1) is 0 Å². The van der Waals surface area contributed by atoms with Crippen molar-refractivity contribution in [2.75, 3.05) is 5.32 Å². The van der Waals surface area contributed by atoms with Crippen molar-refractivity contribution in [3.63, 3.8) is 0 Å². The highest BCUT2D eigenvalue weighted by Crippen LogP contribution is 2.26. The maximum absolute atomic E-state index is 13.0. The smallest absolute Gasteiger partial charge is 0.184 e. The number of fused-ring (bicyclic) bond motifs is 1. The molecule has 0 amide bonds. The molecule has 2 heterocycles. The summed E-state index contributed by atoms with van der Waals surface area (Å²) in [5.41, 5.74) is 1.90. The van der Waals surface area contributed by atoms with E-state index in [-0.39, 0.29) is 5.82 Å². The van der Waals surface area contributed by atoms with Gasteiger partial charge in [0.05, 0.1) is 10.2 Å². The van der Waals surface area contributed by atoms with Crippen LogP contribution >= 0.6 is 11.3 Å². The van der Waals surface area contributed by atoms with Crippen molar-refractivity contribution in [1.29, 1.82) is 0 Å². The summed E-state index contributed by atoms with van der Waals surface area (Å²) < 4.78 is 13.9. The van der Waals surface area contributed by atoms with Gasteiger partial charge in [0.25, 0.3) is 0 Å². The maximum atomic E-state index is 13.0. The number of nitrogens with zero attached hydrogens (tertiary/aromatic N) is 2. The molecule has 18 heavy (non-hydrogen) atoms. The van der Waals surface area contributed by atoms with E-state index in [9.17, 15) is 4.39 Å². The fraction of sp³-hybridized carbons (Fsp3) is 0.0769. The van der Waals surface area contributed by atoms with E-state index in [0.717, 1.165) is 20.9 Å². The molecule has 0 atom stereocenters. The first-order chi connectivity index (χ1) is 8.81. The van der Waals surface area contributed by atoms with E-state index >= 15 is 0 Å². The third-order valence-electron chi connectivity index (χ3n) is 2.52. The largest absolute Gasteiger partial charge is 0.357 e. The minimum atomic E-state index is -0.232. The predicted molar refractivity (Wildman–Crippen MR) is 71.1 cm³/mol. The van der Waals surface area contributed by atoms with Crippen LogP contribution in [0.5, 0.6) is 0 Å². The molecule has 0 aliphatic rings. The number of halogens is 1. The average Bonchev–Trinajstić information content (AvgIpc) is 2.79. The van der Waals surface area contributed by atoms with Crippen molar-refractivity contribution < 1.29 is 4.39 Å². The predicted octanol–water partition coefficient (Wildman–Crippen LogP) is 3.44. The summed E-state index contributed by atoms with van der Waals surface area (Å²) in [5, 5.41) is 4.01. The van der Waals surface area contributed by atoms with Gasteiger partial charge in [0, 0.05) is 18.9 Å². The van der Waals surface area contributed by atoms with Crippen LogP contribution in [-0.2, 0) is 6.54 Å². The summed E-state index contributed by atoms with van der Waals surface area (Å²) in [4.78, 5) is 8.43. The fourth-order valence-corrected chi connectivity index (χ4v) is 2.54. The standard InChI is InChI=1S/C13H10FN3S/c14-10-3-4-11-12(6-10)18-13(17-11)16-8-9-2-1-5-15-7-9/h1-7H,8H2,(H,16,17). The van der Waals surface area contributed by atoms with Crippen LogP contribution in [0.3, 0.4) is 0 Å². The Bertz CT molecular complexity index is 666. The van der Waals surface area contributed by atoms with Crippen molar-refractivity contribution in [1.82, 2.24) is 9.97 Å². The van der Waals surface area contributed by atoms with Gasteiger partial charge in [-0.1, -0.05) is 17.4 Å². The van der Waals surface area contributed by atoms with Gasteiger partial charge in [-0.25, -0.2) is 9.37 Å². The zero-order valence-corrected chi connectivity index (χ0v) is 10.2. The lowest BCUT2D eigenvalue weighted by molar-refractivity contribution is 0.630. The molecular weight excluding hydrogens is 249 g/mol. The van der Waals surface area contributed by atoms with Crippen molar-refractivity contribution >= 4 is 26.7 Å². The number of pyridine rings is 1. The lowest BCUT2D eigenvalue weighted by Crippen LogP contribution is -1.98. The van der Waals surface area contributed by atoms with Gasteiger partial charge in [-0.2, -0.15) is 0 Å². The molecule has 0 aliphatic carbocycles. The molecule has 2 aromatic heterocycles. The monoisotopic (exact) mass is 259 g/mol. The number of aromatic nitrogens is 2. The van der Waals surface area contributed by atoms with Gasteiger partial charge < -0.3 is 5.32 Å². The Labute approximate surface area is 107 Å². The Balaban J connectivity index is 1.79. The van der Waals surface area contributed by atoms with Crippen molar-refractivity contribution in [2.45, 2.75) is 6.54 Å². The molecule has 0 saturated carbocycles. The first-order valence-electron chi connectivity index (χ1n) is 5.50.